The maximum Gasteiger partial charge on any atom is 0.252 e. The monoisotopic (exact) mass is 312 g/mol. The van der Waals surface area contributed by atoms with Crippen molar-refractivity contribution in [2.24, 2.45) is 5.41 Å². The number of nitrogens with one attached hydrogen (secondary N) is 2. The van der Waals surface area contributed by atoms with E-state index in [9.17, 15) is 4.79 Å². The van der Waals surface area contributed by atoms with E-state index in [1.807, 2.05) is 11.8 Å². The Balaban J connectivity index is 0.00000121. The maximum absolute atomic E-state index is 12.3. The van der Waals surface area contributed by atoms with Gasteiger partial charge in [0.15, 0.2) is 0 Å². The summed E-state index contributed by atoms with van der Waals surface area (Å²) in [4.78, 5) is 15.4. The molecule has 5 heteroatoms. The van der Waals surface area contributed by atoms with Crippen molar-refractivity contribution in [3.05, 3.63) is 27.5 Å². The molecule has 0 unspecified atom stereocenters. The van der Waals surface area contributed by atoms with Crippen LogP contribution in [0.4, 0.5) is 0 Å². The number of aromatic amines is 1. The number of hydrogen-bond acceptors (Lipinski definition) is 3. The highest BCUT2D eigenvalue weighted by molar-refractivity contribution is 7.99. The highest BCUT2D eigenvalue weighted by Crippen LogP contribution is 2.55. The second kappa shape index (κ2) is 5.39. The van der Waals surface area contributed by atoms with Crippen LogP contribution in [-0.2, 0) is 6.42 Å². The zero-order chi connectivity index (χ0) is 12.9. The first-order valence-corrected chi connectivity index (χ1v) is 8.34. The van der Waals surface area contributed by atoms with Crippen molar-refractivity contribution in [3.8, 4) is 0 Å². The number of rotatable bonds is 1. The van der Waals surface area contributed by atoms with Gasteiger partial charge in [-0.1, -0.05) is 0 Å². The third kappa shape index (κ3) is 2.53. The minimum absolute atomic E-state index is 0. The number of pyridine rings is 1. The van der Waals surface area contributed by atoms with Crippen LogP contribution in [0.2, 0.25) is 0 Å². The second-order valence-corrected chi connectivity index (χ2v) is 7.38. The van der Waals surface area contributed by atoms with E-state index in [0.29, 0.717) is 11.3 Å². The Morgan fingerprint density at radius 3 is 2.70 bits per heavy atom. The number of aromatic nitrogens is 1. The van der Waals surface area contributed by atoms with Crippen LogP contribution in [0.1, 0.15) is 42.7 Å². The molecule has 0 radical (unpaired) electrons. The zero-order valence-corrected chi connectivity index (χ0v) is 13.2. The third-order valence-electron chi connectivity index (χ3n) is 4.93. The Hall–Kier alpha value is -0.450. The van der Waals surface area contributed by atoms with E-state index in [1.165, 1.54) is 30.6 Å². The Labute approximate surface area is 129 Å². The van der Waals surface area contributed by atoms with Crippen LogP contribution < -0.4 is 10.9 Å². The van der Waals surface area contributed by atoms with Crippen molar-refractivity contribution < 1.29 is 0 Å². The van der Waals surface area contributed by atoms with Gasteiger partial charge < -0.3 is 10.3 Å². The molecule has 2 fully saturated rings. The summed E-state index contributed by atoms with van der Waals surface area (Å²) < 4.78 is 0. The second-order valence-electron chi connectivity index (χ2n) is 6.40. The van der Waals surface area contributed by atoms with Gasteiger partial charge in [-0.05, 0) is 68.2 Å². The lowest BCUT2D eigenvalue weighted by Gasteiger charge is -2.26. The fraction of sp³-hybridized carbons (Fsp3) is 0.667. The van der Waals surface area contributed by atoms with Gasteiger partial charge in [0.1, 0.15) is 0 Å². The SMILES string of the molecule is Cl.O=c1[nH]c2c(cc1C1CCNCC1)CC1(CC1)CS2. The Morgan fingerprint density at radius 2 is 2.00 bits per heavy atom. The topological polar surface area (TPSA) is 44.9 Å². The molecule has 3 nitrogen and oxygen atoms in total. The molecule has 0 atom stereocenters. The van der Waals surface area contributed by atoms with Gasteiger partial charge in [0, 0.05) is 11.3 Å². The third-order valence-corrected chi connectivity index (χ3v) is 6.34. The molecule has 0 bridgehead atoms. The lowest BCUT2D eigenvalue weighted by atomic mass is 9.89. The number of fused-ring (bicyclic) bond motifs is 1. The first-order valence-electron chi connectivity index (χ1n) is 7.35. The van der Waals surface area contributed by atoms with Gasteiger partial charge in [-0.15, -0.1) is 24.2 Å². The van der Waals surface area contributed by atoms with Gasteiger partial charge in [0.2, 0.25) is 0 Å². The van der Waals surface area contributed by atoms with Gasteiger partial charge in [-0.2, -0.15) is 0 Å². The van der Waals surface area contributed by atoms with Crippen LogP contribution in [0.25, 0.3) is 0 Å². The Morgan fingerprint density at radius 1 is 1.25 bits per heavy atom. The van der Waals surface area contributed by atoms with Gasteiger partial charge in [0.05, 0.1) is 5.03 Å². The summed E-state index contributed by atoms with van der Waals surface area (Å²) in [6, 6.07) is 2.23. The number of halogens is 1. The fourth-order valence-electron chi connectivity index (χ4n) is 3.45. The lowest BCUT2D eigenvalue weighted by Crippen LogP contribution is -2.30. The first-order chi connectivity index (χ1) is 9.26. The molecule has 1 saturated carbocycles. The van der Waals surface area contributed by atoms with Crippen molar-refractivity contribution >= 4 is 24.2 Å². The summed E-state index contributed by atoms with van der Waals surface area (Å²) in [6.07, 6.45) is 6.13. The van der Waals surface area contributed by atoms with Crippen molar-refractivity contribution in [1.29, 1.82) is 0 Å². The van der Waals surface area contributed by atoms with E-state index < -0.39 is 0 Å². The van der Waals surface area contributed by atoms with Crippen LogP contribution in [-0.4, -0.2) is 23.8 Å². The van der Waals surface area contributed by atoms with E-state index in [0.717, 1.165) is 36.5 Å². The molecule has 3 heterocycles. The standard InChI is InChI=1S/C15H20N2OS.ClH/c18-13-12(10-1-5-16-6-2-10)7-11-8-15(3-4-15)9-19-14(11)17-13;/h7,10,16H,1-6,8-9H2,(H,17,18);1H. The maximum atomic E-state index is 12.3. The summed E-state index contributed by atoms with van der Waals surface area (Å²) in [7, 11) is 0. The van der Waals surface area contributed by atoms with Crippen LogP contribution >= 0.6 is 24.2 Å². The molecule has 0 amide bonds. The molecule has 1 aromatic rings. The quantitative estimate of drug-likeness (QED) is 0.838. The number of thioether (sulfide) groups is 1. The zero-order valence-electron chi connectivity index (χ0n) is 11.5. The number of H-pyrrole nitrogens is 1. The fourth-order valence-corrected chi connectivity index (χ4v) is 4.77. The molecule has 1 aliphatic carbocycles. The summed E-state index contributed by atoms with van der Waals surface area (Å²) in [5, 5.41) is 4.51. The molecular formula is C15H21ClN2OS. The predicted octanol–water partition coefficient (Wildman–Crippen LogP) is 2.69. The summed E-state index contributed by atoms with van der Waals surface area (Å²) in [5.74, 6) is 1.65. The molecule has 0 aromatic carbocycles. The van der Waals surface area contributed by atoms with Crippen LogP contribution in [0, 0.1) is 5.41 Å². The first kappa shape index (κ1) is 14.5. The molecule has 3 aliphatic rings. The minimum Gasteiger partial charge on any atom is -0.317 e. The smallest absolute Gasteiger partial charge is 0.252 e. The Kier molecular flexibility index (Phi) is 3.91. The summed E-state index contributed by atoms with van der Waals surface area (Å²) >= 11 is 1.86. The van der Waals surface area contributed by atoms with Crippen LogP contribution in [0.3, 0.4) is 0 Å². The van der Waals surface area contributed by atoms with Gasteiger partial charge in [-0.25, -0.2) is 0 Å². The van der Waals surface area contributed by atoms with Gasteiger partial charge in [-0.3, -0.25) is 4.79 Å². The molecule has 2 aliphatic heterocycles. The predicted molar refractivity (Wildman–Crippen MR) is 85.3 cm³/mol. The van der Waals surface area contributed by atoms with Crippen molar-refractivity contribution in [1.82, 2.24) is 10.3 Å². The molecular weight excluding hydrogens is 292 g/mol. The molecule has 2 N–H and O–H groups in total. The average Bonchev–Trinajstić information content (AvgIpc) is 3.19. The van der Waals surface area contributed by atoms with E-state index in [4.69, 9.17) is 0 Å². The van der Waals surface area contributed by atoms with Gasteiger partial charge in [0.25, 0.3) is 5.56 Å². The molecule has 20 heavy (non-hydrogen) atoms. The van der Waals surface area contributed by atoms with Crippen LogP contribution in [0.15, 0.2) is 15.9 Å². The van der Waals surface area contributed by atoms with Crippen molar-refractivity contribution in [2.75, 3.05) is 18.8 Å². The summed E-state index contributed by atoms with van der Waals surface area (Å²) in [5.41, 5.74) is 3.19. The molecule has 4 rings (SSSR count). The van der Waals surface area contributed by atoms with Gasteiger partial charge >= 0.3 is 0 Å². The van der Waals surface area contributed by atoms with Crippen LogP contribution in [0.5, 0.6) is 0 Å². The molecule has 110 valence electrons. The largest absolute Gasteiger partial charge is 0.317 e. The molecule has 1 aromatic heterocycles. The van der Waals surface area contributed by atoms with Crippen molar-refractivity contribution in [3.63, 3.8) is 0 Å². The van der Waals surface area contributed by atoms with E-state index in [-0.39, 0.29) is 18.0 Å². The van der Waals surface area contributed by atoms with E-state index in [1.54, 1.807) is 0 Å². The minimum atomic E-state index is 0. The molecule has 1 saturated heterocycles. The highest BCUT2D eigenvalue weighted by atomic mass is 35.5. The normalized spacial score (nSPS) is 24.0. The van der Waals surface area contributed by atoms with E-state index in [2.05, 4.69) is 16.4 Å². The number of piperidine rings is 1. The average molecular weight is 313 g/mol. The van der Waals surface area contributed by atoms with E-state index >= 15 is 0 Å². The van der Waals surface area contributed by atoms with Crippen molar-refractivity contribution in [2.45, 2.75) is 43.0 Å². The summed E-state index contributed by atoms with van der Waals surface area (Å²) in [6.45, 7) is 2.08. The Bertz CT molecular complexity index is 561. The highest BCUT2D eigenvalue weighted by Gasteiger charge is 2.45. The molecule has 1 spiro atoms. The lowest BCUT2D eigenvalue weighted by molar-refractivity contribution is 0.455. The number of hydrogen-bond donors (Lipinski definition) is 2.